The Labute approximate surface area is 133 Å². The first-order valence-electron chi connectivity index (χ1n) is 6.15. The number of carbonyl (C=O) groups is 1. The van der Waals surface area contributed by atoms with Crippen LogP contribution in [0, 0.1) is 11.3 Å². The van der Waals surface area contributed by atoms with Crippen LogP contribution in [0.25, 0.3) is 0 Å². The van der Waals surface area contributed by atoms with Gasteiger partial charge in [0.2, 0.25) is 5.91 Å². The Bertz CT molecular complexity index is 539. The fraction of sp³-hybridized carbons (Fsp3) is 0.429. The van der Waals surface area contributed by atoms with Gasteiger partial charge in [-0.05, 0) is 30.7 Å². The molecule has 2 N–H and O–H groups in total. The SMILES string of the molecule is COCC(C)(C#N)NC(=O)CC(O)c1cc(Cl)cc(Cl)c1. The highest BCUT2D eigenvalue weighted by Gasteiger charge is 2.27. The van der Waals surface area contributed by atoms with Crippen LogP contribution in [0.3, 0.4) is 0 Å². The molecule has 114 valence electrons. The summed E-state index contributed by atoms with van der Waals surface area (Å²) in [5.74, 6) is -0.473. The topological polar surface area (TPSA) is 82.3 Å². The van der Waals surface area contributed by atoms with Crippen LogP contribution in [0.1, 0.15) is 25.0 Å². The van der Waals surface area contributed by atoms with Gasteiger partial charge in [0, 0.05) is 17.2 Å². The van der Waals surface area contributed by atoms with Crippen molar-refractivity contribution < 1.29 is 14.6 Å². The molecule has 0 fully saturated rings. The van der Waals surface area contributed by atoms with Gasteiger partial charge in [-0.1, -0.05) is 23.2 Å². The Kier molecular flexibility index (Phi) is 6.43. The molecule has 1 aromatic rings. The van der Waals surface area contributed by atoms with Crippen molar-refractivity contribution in [3.8, 4) is 6.07 Å². The number of ether oxygens (including phenoxy) is 1. The van der Waals surface area contributed by atoms with Gasteiger partial charge in [-0.2, -0.15) is 5.26 Å². The molecule has 0 aliphatic carbocycles. The molecule has 1 aromatic carbocycles. The van der Waals surface area contributed by atoms with Crippen molar-refractivity contribution >= 4 is 29.1 Å². The molecule has 1 rings (SSSR count). The lowest BCUT2D eigenvalue weighted by Crippen LogP contribution is -2.48. The van der Waals surface area contributed by atoms with Crippen molar-refractivity contribution in [2.75, 3.05) is 13.7 Å². The van der Waals surface area contributed by atoms with Crippen molar-refractivity contribution in [3.63, 3.8) is 0 Å². The first-order chi connectivity index (χ1) is 9.79. The fourth-order valence-corrected chi connectivity index (χ4v) is 2.35. The number of halogens is 2. The number of aliphatic hydroxyl groups excluding tert-OH is 1. The maximum Gasteiger partial charge on any atom is 0.224 e. The van der Waals surface area contributed by atoms with Crippen molar-refractivity contribution in [3.05, 3.63) is 33.8 Å². The lowest BCUT2D eigenvalue weighted by Gasteiger charge is -2.23. The van der Waals surface area contributed by atoms with E-state index in [1.54, 1.807) is 0 Å². The standard InChI is InChI=1S/C14H16Cl2N2O3/c1-14(7-17,8-21-2)18-13(20)6-12(19)9-3-10(15)5-11(16)4-9/h3-5,12,19H,6,8H2,1-2H3,(H,18,20). The van der Waals surface area contributed by atoms with Gasteiger partial charge in [-0.15, -0.1) is 0 Å². The molecule has 0 heterocycles. The smallest absolute Gasteiger partial charge is 0.224 e. The number of hydrogen-bond acceptors (Lipinski definition) is 4. The molecule has 1 amide bonds. The number of nitriles is 1. The van der Waals surface area contributed by atoms with Crippen molar-refractivity contribution in [1.82, 2.24) is 5.32 Å². The number of aliphatic hydroxyl groups is 1. The van der Waals surface area contributed by atoms with Crippen LogP contribution >= 0.6 is 23.2 Å². The maximum absolute atomic E-state index is 11.9. The van der Waals surface area contributed by atoms with E-state index in [9.17, 15) is 9.90 Å². The van der Waals surface area contributed by atoms with E-state index in [2.05, 4.69) is 5.32 Å². The fourth-order valence-electron chi connectivity index (χ4n) is 1.80. The Morgan fingerprint density at radius 2 is 2.05 bits per heavy atom. The molecule has 5 nitrogen and oxygen atoms in total. The average molecular weight is 331 g/mol. The molecule has 0 aliphatic rings. The van der Waals surface area contributed by atoms with Crippen LogP contribution in [-0.4, -0.2) is 30.3 Å². The zero-order valence-corrected chi connectivity index (χ0v) is 13.2. The monoisotopic (exact) mass is 330 g/mol. The van der Waals surface area contributed by atoms with Crippen LogP contribution < -0.4 is 5.32 Å². The summed E-state index contributed by atoms with van der Waals surface area (Å²) in [4.78, 5) is 11.9. The van der Waals surface area contributed by atoms with E-state index in [1.807, 2.05) is 6.07 Å². The Balaban J connectivity index is 2.72. The van der Waals surface area contributed by atoms with E-state index in [0.29, 0.717) is 15.6 Å². The molecule has 0 aliphatic heterocycles. The summed E-state index contributed by atoms with van der Waals surface area (Å²) in [6.45, 7) is 1.59. The van der Waals surface area contributed by atoms with E-state index in [4.69, 9.17) is 33.2 Å². The molecule has 0 saturated carbocycles. The average Bonchev–Trinajstić information content (AvgIpc) is 2.37. The second kappa shape index (κ2) is 7.62. The van der Waals surface area contributed by atoms with E-state index in [-0.39, 0.29) is 13.0 Å². The molecule has 0 aromatic heterocycles. The summed E-state index contributed by atoms with van der Waals surface area (Å²) in [6.07, 6.45) is -1.27. The number of amides is 1. The number of hydrogen-bond donors (Lipinski definition) is 2. The zero-order chi connectivity index (χ0) is 16.0. The highest BCUT2D eigenvalue weighted by atomic mass is 35.5. The molecule has 7 heteroatoms. The van der Waals surface area contributed by atoms with Crippen LogP contribution in [0.15, 0.2) is 18.2 Å². The summed E-state index contributed by atoms with van der Waals surface area (Å²) >= 11 is 11.7. The number of benzene rings is 1. The second-order valence-electron chi connectivity index (χ2n) is 4.85. The van der Waals surface area contributed by atoms with Gasteiger partial charge in [0.15, 0.2) is 0 Å². The minimum absolute atomic E-state index is 0.0499. The molecule has 0 spiro atoms. The van der Waals surface area contributed by atoms with Crippen molar-refractivity contribution in [2.45, 2.75) is 25.0 Å². The number of nitrogens with one attached hydrogen (secondary N) is 1. The number of nitrogens with zero attached hydrogens (tertiary/aromatic N) is 1. The van der Waals surface area contributed by atoms with Crippen LogP contribution in [0.5, 0.6) is 0 Å². The van der Waals surface area contributed by atoms with Crippen LogP contribution in [-0.2, 0) is 9.53 Å². The Hall–Kier alpha value is -1.32. The van der Waals surface area contributed by atoms with Crippen molar-refractivity contribution in [2.24, 2.45) is 0 Å². The summed E-state index contributed by atoms with van der Waals surface area (Å²) in [5.41, 5.74) is -0.703. The summed E-state index contributed by atoms with van der Waals surface area (Å²) in [6, 6.07) is 6.56. The normalized spacial score (nSPS) is 14.9. The van der Waals surface area contributed by atoms with Gasteiger partial charge in [-0.3, -0.25) is 4.79 Å². The van der Waals surface area contributed by atoms with Gasteiger partial charge in [0.05, 0.1) is 25.2 Å². The molecular weight excluding hydrogens is 315 g/mol. The third-order valence-corrected chi connectivity index (χ3v) is 3.18. The van der Waals surface area contributed by atoms with Gasteiger partial charge in [0.25, 0.3) is 0 Å². The highest BCUT2D eigenvalue weighted by molar-refractivity contribution is 6.34. The van der Waals surface area contributed by atoms with E-state index < -0.39 is 17.6 Å². The molecule has 0 saturated heterocycles. The Morgan fingerprint density at radius 1 is 1.48 bits per heavy atom. The minimum atomic E-state index is -1.14. The van der Waals surface area contributed by atoms with E-state index in [1.165, 1.54) is 32.2 Å². The highest BCUT2D eigenvalue weighted by Crippen LogP contribution is 2.25. The maximum atomic E-state index is 11.9. The van der Waals surface area contributed by atoms with E-state index >= 15 is 0 Å². The molecule has 21 heavy (non-hydrogen) atoms. The molecular formula is C14H16Cl2N2O3. The lowest BCUT2D eigenvalue weighted by molar-refractivity contribution is -0.124. The van der Waals surface area contributed by atoms with E-state index in [0.717, 1.165) is 0 Å². The molecule has 2 unspecified atom stereocenters. The van der Waals surface area contributed by atoms with Gasteiger partial charge in [0.1, 0.15) is 5.54 Å². The summed E-state index contributed by atoms with van der Waals surface area (Å²) in [7, 11) is 1.44. The molecule has 0 bridgehead atoms. The first-order valence-corrected chi connectivity index (χ1v) is 6.90. The number of methoxy groups -OCH3 is 1. The van der Waals surface area contributed by atoms with Gasteiger partial charge < -0.3 is 15.2 Å². The van der Waals surface area contributed by atoms with Gasteiger partial charge in [-0.25, -0.2) is 0 Å². The van der Waals surface area contributed by atoms with Gasteiger partial charge >= 0.3 is 0 Å². The summed E-state index contributed by atoms with van der Waals surface area (Å²) in [5, 5.41) is 22.4. The van der Waals surface area contributed by atoms with Crippen molar-refractivity contribution in [1.29, 1.82) is 5.26 Å². The first kappa shape index (κ1) is 17.7. The van der Waals surface area contributed by atoms with Crippen LogP contribution in [0.4, 0.5) is 0 Å². The summed E-state index contributed by atoms with van der Waals surface area (Å²) < 4.78 is 4.89. The Morgan fingerprint density at radius 3 is 2.52 bits per heavy atom. The predicted molar refractivity (Wildman–Crippen MR) is 80.1 cm³/mol. The number of carbonyl (C=O) groups excluding carboxylic acids is 1. The molecule has 0 radical (unpaired) electrons. The number of rotatable bonds is 6. The lowest BCUT2D eigenvalue weighted by atomic mass is 10.0. The van der Waals surface area contributed by atoms with Crippen LogP contribution in [0.2, 0.25) is 10.0 Å². The second-order valence-corrected chi connectivity index (χ2v) is 5.72. The largest absolute Gasteiger partial charge is 0.388 e. The quantitative estimate of drug-likeness (QED) is 0.839. The molecule has 2 atom stereocenters. The minimum Gasteiger partial charge on any atom is -0.388 e. The predicted octanol–water partition coefficient (Wildman–Crippen LogP) is 2.46. The third kappa shape index (κ3) is 5.52. The third-order valence-electron chi connectivity index (χ3n) is 2.74. The zero-order valence-electron chi connectivity index (χ0n) is 11.7.